The topological polar surface area (TPSA) is 45.5 Å². The van der Waals surface area contributed by atoms with Crippen molar-refractivity contribution in [1.29, 1.82) is 0 Å². The summed E-state index contributed by atoms with van der Waals surface area (Å²) in [4.78, 5) is 33.1. The highest BCUT2D eigenvalue weighted by molar-refractivity contribution is 6.19. The minimum atomic E-state index is -0.215. The predicted molar refractivity (Wildman–Crippen MR) is 212 cm³/mol. The highest BCUT2D eigenvalue weighted by atomic mass is 16.2. The number of rotatable bonds is 8. The Labute approximate surface area is 302 Å². The van der Waals surface area contributed by atoms with Crippen LogP contribution in [-0.2, 0) is 9.59 Å². The first-order chi connectivity index (χ1) is 24.5. The third-order valence-electron chi connectivity index (χ3n) is 10.3. The Balaban J connectivity index is 1.59. The number of aromatic nitrogens is 1. The van der Waals surface area contributed by atoms with Crippen LogP contribution in [0.15, 0.2) is 109 Å². The molecule has 1 radical (unpaired) electrons. The second kappa shape index (κ2) is 13.5. The molecular formula is C46H48N3O2. The van der Waals surface area contributed by atoms with E-state index >= 15 is 0 Å². The Morgan fingerprint density at radius 2 is 0.922 bits per heavy atom. The van der Waals surface area contributed by atoms with Gasteiger partial charge in [-0.15, -0.1) is 0 Å². The lowest BCUT2D eigenvalue weighted by Crippen LogP contribution is -2.55. The molecule has 2 amide bonds. The molecule has 0 unspecified atom stereocenters. The number of carbonyl (C=O) groups excluding carboxylic acids is 2. The normalized spacial score (nSPS) is 14.4. The number of anilines is 2. The summed E-state index contributed by atoms with van der Waals surface area (Å²) in [6.07, 6.45) is 0.382. The van der Waals surface area contributed by atoms with Crippen molar-refractivity contribution in [3.63, 3.8) is 0 Å². The van der Waals surface area contributed by atoms with Crippen LogP contribution < -0.4 is 9.80 Å². The maximum atomic E-state index is 14.7. The number of para-hydroxylation sites is 4. The molecule has 51 heavy (non-hydrogen) atoms. The molecule has 0 bridgehead atoms. The Bertz CT molecular complexity index is 2130. The summed E-state index contributed by atoms with van der Waals surface area (Å²) in [5.41, 5.74) is 10.2. The van der Waals surface area contributed by atoms with Crippen LogP contribution in [0.5, 0.6) is 0 Å². The number of hydrogen-bond acceptors (Lipinski definition) is 2. The summed E-state index contributed by atoms with van der Waals surface area (Å²) in [7, 11) is 0. The van der Waals surface area contributed by atoms with E-state index in [4.69, 9.17) is 0 Å². The fraction of sp³-hybridized carbons (Fsp3) is 0.283. The van der Waals surface area contributed by atoms with Crippen molar-refractivity contribution in [2.24, 2.45) is 0 Å². The molecule has 1 saturated heterocycles. The average molecular weight is 675 g/mol. The molecular weight excluding hydrogens is 627 g/mol. The number of hydrogen-bond donors (Lipinski definition) is 0. The van der Waals surface area contributed by atoms with Crippen LogP contribution in [0.3, 0.4) is 0 Å². The maximum absolute atomic E-state index is 14.7. The van der Waals surface area contributed by atoms with Crippen LogP contribution in [0.1, 0.15) is 113 Å². The summed E-state index contributed by atoms with van der Waals surface area (Å²) in [5, 5.41) is 2.17. The Kier molecular flexibility index (Phi) is 9.09. The summed E-state index contributed by atoms with van der Waals surface area (Å²) in [6.45, 7) is 17.4. The van der Waals surface area contributed by atoms with Crippen molar-refractivity contribution in [3.8, 4) is 5.69 Å². The summed E-state index contributed by atoms with van der Waals surface area (Å²) in [5.74, 6) is 0.194. The van der Waals surface area contributed by atoms with E-state index in [1.807, 2.05) is 15.9 Å². The summed E-state index contributed by atoms with van der Waals surface area (Å²) >= 11 is 0. The van der Waals surface area contributed by atoms with Crippen LogP contribution in [0.2, 0.25) is 0 Å². The Morgan fingerprint density at radius 1 is 0.471 bits per heavy atom. The van der Waals surface area contributed by atoms with Crippen molar-refractivity contribution < 1.29 is 9.59 Å². The smallest absolute Gasteiger partial charge is 0.238 e. The number of fused-ring (bicyclic) bond motifs is 3. The van der Waals surface area contributed by atoms with E-state index in [9.17, 15) is 9.59 Å². The monoisotopic (exact) mass is 674 g/mol. The molecule has 1 aliphatic heterocycles. The third kappa shape index (κ3) is 5.83. The van der Waals surface area contributed by atoms with Crippen LogP contribution in [0.25, 0.3) is 27.5 Å². The number of nitrogens with zero attached hydrogens (tertiary/aromatic N) is 3. The molecule has 5 aromatic carbocycles. The molecule has 2 heterocycles. The van der Waals surface area contributed by atoms with Gasteiger partial charge in [0.15, 0.2) is 0 Å². The van der Waals surface area contributed by atoms with Gasteiger partial charge in [0.1, 0.15) is 6.42 Å². The van der Waals surface area contributed by atoms with Gasteiger partial charge in [-0.05, 0) is 76.3 Å². The van der Waals surface area contributed by atoms with Crippen molar-refractivity contribution in [1.82, 2.24) is 4.57 Å². The van der Waals surface area contributed by atoms with Gasteiger partial charge in [-0.25, -0.2) is 0 Å². The molecule has 1 aromatic heterocycles. The van der Waals surface area contributed by atoms with E-state index < -0.39 is 0 Å². The second-order valence-corrected chi connectivity index (χ2v) is 15.1. The van der Waals surface area contributed by atoms with E-state index in [-0.39, 0.29) is 41.9 Å². The molecule has 5 heteroatoms. The predicted octanol–water partition coefficient (Wildman–Crippen LogP) is 11.6. The average Bonchev–Trinajstić information content (AvgIpc) is 3.44. The first kappa shape index (κ1) is 34.3. The molecule has 1 fully saturated rings. The lowest BCUT2D eigenvalue weighted by molar-refractivity contribution is -0.128. The highest BCUT2D eigenvalue weighted by Gasteiger charge is 2.46. The summed E-state index contributed by atoms with van der Waals surface area (Å²) in [6, 6.07) is 38.1. The lowest BCUT2D eigenvalue weighted by atomic mass is 9.88. The van der Waals surface area contributed by atoms with E-state index in [1.165, 1.54) is 0 Å². The Hall–Kier alpha value is -5.16. The van der Waals surface area contributed by atoms with E-state index in [0.717, 1.165) is 66.7 Å². The zero-order valence-corrected chi connectivity index (χ0v) is 31.1. The van der Waals surface area contributed by atoms with Crippen molar-refractivity contribution in [2.45, 2.75) is 85.5 Å². The third-order valence-corrected chi connectivity index (χ3v) is 10.3. The number of amides is 2. The van der Waals surface area contributed by atoms with Crippen LogP contribution in [-0.4, -0.2) is 16.4 Å². The van der Waals surface area contributed by atoms with Gasteiger partial charge in [0.05, 0.1) is 22.4 Å². The van der Waals surface area contributed by atoms with Gasteiger partial charge in [0.2, 0.25) is 18.0 Å². The van der Waals surface area contributed by atoms with Crippen LogP contribution in [0, 0.1) is 6.17 Å². The first-order valence-electron chi connectivity index (χ1n) is 18.4. The van der Waals surface area contributed by atoms with Gasteiger partial charge < -0.3 is 4.57 Å². The molecule has 0 saturated carbocycles. The molecule has 0 spiro atoms. The zero-order valence-electron chi connectivity index (χ0n) is 31.1. The SMILES string of the molecule is CC(C)c1cccc(C(C)C)c1N1[C](c2ccc3c(c2)c2ccccc2n3-c2ccccc2)N(c2c(C(C)C)cccc2C(C)C)C(=O)CC1=O. The van der Waals surface area contributed by atoms with E-state index in [2.05, 4.69) is 163 Å². The van der Waals surface area contributed by atoms with Crippen molar-refractivity contribution in [3.05, 3.63) is 143 Å². The molecule has 0 aliphatic carbocycles. The van der Waals surface area contributed by atoms with Gasteiger partial charge in [0, 0.05) is 22.0 Å². The minimum absolute atomic E-state index is 0.152. The van der Waals surface area contributed by atoms with E-state index in [0.29, 0.717) is 6.17 Å². The fourth-order valence-electron chi connectivity index (χ4n) is 7.85. The maximum Gasteiger partial charge on any atom is 0.238 e. The molecule has 0 atom stereocenters. The van der Waals surface area contributed by atoms with Gasteiger partial charge in [-0.3, -0.25) is 19.4 Å². The highest BCUT2D eigenvalue weighted by Crippen LogP contribution is 2.48. The molecule has 7 rings (SSSR count). The lowest BCUT2D eigenvalue weighted by Gasteiger charge is -2.45. The van der Waals surface area contributed by atoms with Crippen molar-refractivity contribution >= 4 is 45.0 Å². The van der Waals surface area contributed by atoms with Crippen molar-refractivity contribution in [2.75, 3.05) is 9.80 Å². The van der Waals surface area contributed by atoms with Gasteiger partial charge in [-0.2, -0.15) is 0 Å². The van der Waals surface area contributed by atoms with Crippen LogP contribution in [0.4, 0.5) is 11.4 Å². The van der Waals surface area contributed by atoms with Gasteiger partial charge >= 0.3 is 0 Å². The van der Waals surface area contributed by atoms with Gasteiger partial charge in [0.25, 0.3) is 0 Å². The Morgan fingerprint density at radius 3 is 1.41 bits per heavy atom. The summed E-state index contributed by atoms with van der Waals surface area (Å²) < 4.78 is 2.29. The standard InChI is InChI=1S/C46H48N3O2/c1-28(2)34-19-14-20-35(29(3)4)44(34)48-42(50)27-43(51)49(45-36(30(5)6)21-15-22-37(45)31(7)8)46(48)32-24-25-41-39(26-32)38-18-12-13-23-40(38)47(41)33-16-10-9-11-17-33/h9-26,28-31H,27H2,1-8H3. The number of benzene rings is 5. The molecule has 6 aromatic rings. The largest absolute Gasteiger partial charge is 0.309 e. The van der Waals surface area contributed by atoms with Gasteiger partial charge in [-0.1, -0.05) is 134 Å². The molecule has 5 nitrogen and oxygen atoms in total. The number of carbonyl (C=O) groups is 2. The first-order valence-corrected chi connectivity index (χ1v) is 18.4. The minimum Gasteiger partial charge on any atom is -0.309 e. The fourth-order valence-corrected chi connectivity index (χ4v) is 7.85. The van der Waals surface area contributed by atoms with E-state index in [1.54, 1.807) is 0 Å². The zero-order chi connectivity index (χ0) is 36.1. The molecule has 1 aliphatic rings. The molecule has 259 valence electrons. The molecule has 0 N–H and O–H groups in total. The quantitative estimate of drug-likeness (QED) is 0.151. The van der Waals surface area contributed by atoms with Crippen LogP contribution >= 0.6 is 0 Å². The second-order valence-electron chi connectivity index (χ2n) is 15.1.